The van der Waals surface area contributed by atoms with E-state index < -0.39 is 5.54 Å². The van der Waals surface area contributed by atoms with Crippen LogP contribution < -0.4 is 20.9 Å². The van der Waals surface area contributed by atoms with E-state index in [0.717, 1.165) is 35.5 Å². The quantitative estimate of drug-likeness (QED) is 0.824. The van der Waals surface area contributed by atoms with Crippen molar-refractivity contribution in [2.45, 2.75) is 31.3 Å². The zero-order valence-electron chi connectivity index (χ0n) is 14.1. The van der Waals surface area contributed by atoms with Gasteiger partial charge in [-0.2, -0.15) is 0 Å². The maximum absolute atomic E-state index is 6.85. The number of hydrogen-bond donors (Lipinski definition) is 2. The van der Waals surface area contributed by atoms with Gasteiger partial charge in [-0.25, -0.2) is 0 Å². The number of nitrogens with two attached hydrogens (primary N) is 2. The van der Waals surface area contributed by atoms with Crippen molar-refractivity contribution in [1.82, 2.24) is 0 Å². The molecule has 0 aliphatic heterocycles. The summed E-state index contributed by atoms with van der Waals surface area (Å²) in [6.07, 6.45) is 1.82. The first-order valence-corrected chi connectivity index (χ1v) is 7.89. The molecular formula is C19H26N2O2. The Labute approximate surface area is 138 Å². The largest absolute Gasteiger partial charge is 0.497 e. The van der Waals surface area contributed by atoms with Gasteiger partial charge in [0.15, 0.2) is 0 Å². The molecule has 124 valence electrons. The number of methoxy groups -OCH3 is 2. The van der Waals surface area contributed by atoms with Crippen LogP contribution in [0.4, 0.5) is 0 Å². The standard InChI is InChI=1S/C19H26N2O2/c1-4-5-18(20)19(21,14-6-10-16(22-2)11-7-14)15-8-12-17(23-3)13-9-15/h6-13,18H,4-5,20-21H2,1-3H3/t18-/m1/s1. The van der Waals surface area contributed by atoms with Crippen LogP contribution in [0.1, 0.15) is 30.9 Å². The van der Waals surface area contributed by atoms with Crippen LogP contribution in [0.15, 0.2) is 48.5 Å². The van der Waals surface area contributed by atoms with Gasteiger partial charge in [0.25, 0.3) is 0 Å². The Kier molecular flexibility index (Phi) is 5.64. The molecule has 2 aromatic rings. The van der Waals surface area contributed by atoms with Crippen molar-refractivity contribution < 1.29 is 9.47 Å². The van der Waals surface area contributed by atoms with E-state index in [9.17, 15) is 0 Å². The first kappa shape index (κ1) is 17.3. The second-order valence-electron chi connectivity index (χ2n) is 5.72. The maximum Gasteiger partial charge on any atom is 0.118 e. The lowest BCUT2D eigenvalue weighted by Gasteiger charge is -2.36. The van der Waals surface area contributed by atoms with Gasteiger partial charge in [0, 0.05) is 6.04 Å². The molecule has 0 radical (unpaired) electrons. The van der Waals surface area contributed by atoms with Crippen LogP contribution in [0.25, 0.3) is 0 Å². The van der Waals surface area contributed by atoms with Gasteiger partial charge in [0.1, 0.15) is 11.5 Å². The summed E-state index contributed by atoms with van der Waals surface area (Å²) in [4.78, 5) is 0. The predicted octanol–water partition coefficient (Wildman–Crippen LogP) is 3.03. The molecule has 4 heteroatoms. The summed E-state index contributed by atoms with van der Waals surface area (Å²) in [7, 11) is 3.30. The van der Waals surface area contributed by atoms with Crippen LogP contribution in [0.3, 0.4) is 0 Å². The SMILES string of the molecule is CCC[C@@H](N)C(N)(c1ccc(OC)cc1)c1ccc(OC)cc1. The normalized spacial score (nSPS) is 12.7. The fraction of sp³-hybridized carbons (Fsp3) is 0.368. The molecule has 0 saturated heterocycles. The smallest absolute Gasteiger partial charge is 0.118 e. The van der Waals surface area contributed by atoms with E-state index in [4.69, 9.17) is 20.9 Å². The molecule has 0 unspecified atom stereocenters. The molecule has 0 heterocycles. The van der Waals surface area contributed by atoms with Crippen molar-refractivity contribution in [3.05, 3.63) is 59.7 Å². The molecule has 0 bridgehead atoms. The lowest BCUT2D eigenvalue weighted by Crippen LogP contribution is -2.53. The third-order valence-electron chi connectivity index (χ3n) is 4.32. The number of hydrogen-bond acceptors (Lipinski definition) is 4. The number of ether oxygens (including phenoxy) is 2. The maximum atomic E-state index is 6.85. The first-order chi connectivity index (χ1) is 11.1. The highest BCUT2D eigenvalue weighted by Gasteiger charge is 2.35. The summed E-state index contributed by atoms with van der Waals surface area (Å²) in [6.45, 7) is 2.11. The minimum atomic E-state index is -0.755. The van der Waals surface area contributed by atoms with Crippen LogP contribution in [0.2, 0.25) is 0 Å². The average molecular weight is 314 g/mol. The third kappa shape index (κ3) is 3.49. The van der Waals surface area contributed by atoms with Crippen LogP contribution >= 0.6 is 0 Å². The summed E-state index contributed by atoms with van der Waals surface area (Å²) in [5, 5.41) is 0. The van der Waals surface area contributed by atoms with Gasteiger partial charge < -0.3 is 20.9 Å². The lowest BCUT2D eigenvalue weighted by atomic mass is 9.76. The van der Waals surface area contributed by atoms with E-state index >= 15 is 0 Å². The van der Waals surface area contributed by atoms with Gasteiger partial charge in [0.2, 0.25) is 0 Å². The Morgan fingerprint density at radius 2 is 1.26 bits per heavy atom. The third-order valence-corrected chi connectivity index (χ3v) is 4.32. The Bertz CT molecular complexity index is 561. The molecule has 0 fully saturated rings. The Hall–Kier alpha value is -2.04. The highest BCUT2D eigenvalue weighted by Crippen LogP contribution is 2.33. The molecule has 0 aliphatic carbocycles. The zero-order valence-corrected chi connectivity index (χ0v) is 14.1. The van der Waals surface area contributed by atoms with E-state index in [-0.39, 0.29) is 6.04 Å². The molecule has 2 rings (SSSR count). The summed E-state index contributed by atoms with van der Waals surface area (Å²) in [6, 6.07) is 15.4. The Morgan fingerprint density at radius 3 is 1.57 bits per heavy atom. The second kappa shape index (κ2) is 7.49. The molecule has 4 nitrogen and oxygen atoms in total. The monoisotopic (exact) mass is 314 g/mol. The van der Waals surface area contributed by atoms with E-state index in [0.29, 0.717) is 0 Å². The molecule has 0 amide bonds. The van der Waals surface area contributed by atoms with Crippen LogP contribution in [-0.4, -0.2) is 20.3 Å². The second-order valence-corrected chi connectivity index (χ2v) is 5.72. The molecule has 0 aliphatic rings. The van der Waals surface area contributed by atoms with Gasteiger partial charge in [-0.1, -0.05) is 37.6 Å². The van der Waals surface area contributed by atoms with E-state index in [1.807, 2.05) is 48.5 Å². The highest BCUT2D eigenvalue weighted by molar-refractivity contribution is 5.43. The Balaban J connectivity index is 2.49. The minimum Gasteiger partial charge on any atom is -0.497 e. The molecule has 23 heavy (non-hydrogen) atoms. The molecule has 4 N–H and O–H groups in total. The Morgan fingerprint density at radius 1 is 0.870 bits per heavy atom. The van der Waals surface area contributed by atoms with Gasteiger partial charge in [0.05, 0.1) is 19.8 Å². The fourth-order valence-corrected chi connectivity index (χ4v) is 2.87. The van der Waals surface area contributed by atoms with Crippen molar-refractivity contribution in [3.63, 3.8) is 0 Å². The summed E-state index contributed by atoms with van der Waals surface area (Å²) < 4.78 is 10.5. The van der Waals surface area contributed by atoms with Gasteiger partial charge >= 0.3 is 0 Å². The average Bonchev–Trinajstić information content (AvgIpc) is 2.61. The van der Waals surface area contributed by atoms with Crippen molar-refractivity contribution in [2.24, 2.45) is 11.5 Å². The van der Waals surface area contributed by atoms with E-state index in [2.05, 4.69) is 6.92 Å². The molecule has 0 saturated carbocycles. The predicted molar refractivity (Wildman–Crippen MR) is 93.8 cm³/mol. The van der Waals surface area contributed by atoms with Gasteiger partial charge in [-0.15, -0.1) is 0 Å². The molecule has 0 aromatic heterocycles. The molecule has 0 spiro atoms. The van der Waals surface area contributed by atoms with Crippen molar-refractivity contribution in [2.75, 3.05) is 14.2 Å². The van der Waals surface area contributed by atoms with Gasteiger partial charge in [-0.05, 0) is 41.8 Å². The van der Waals surface area contributed by atoms with Crippen LogP contribution in [0.5, 0.6) is 11.5 Å². The van der Waals surface area contributed by atoms with Crippen molar-refractivity contribution >= 4 is 0 Å². The number of benzene rings is 2. The first-order valence-electron chi connectivity index (χ1n) is 7.89. The van der Waals surface area contributed by atoms with E-state index in [1.54, 1.807) is 14.2 Å². The van der Waals surface area contributed by atoms with Gasteiger partial charge in [-0.3, -0.25) is 0 Å². The summed E-state index contributed by atoms with van der Waals surface area (Å²) in [5.74, 6) is 1.60. The molecular weight excluding hydrogens is 288 g/mol. The summed E-state index contributed by atoms with van der Waals surface area (Å²) >= 11 is 0. The highest BCUT2D eigenvalue weighted by atomic mass is 16.5. The topological polar surface area (TPSA) is 70.5 Å². The van der Waals surface area contributed by atoms with Crippen molar-refractivity contribution in [3.8, 4) is 11.5 Å². The van der Waals surface area contributed by atoms with E-state index in [1.165, 1.54) is 0 Å². The molecule has 1 atom stereocenters. The summed E-state index contributed by atoms with van der Waals surface area (Å²) in [5.41, 5.74) is 14.5. The minimum absolute atomic E-state index is 0.186. The van der Waals surface area contributed by atoms with Crippen molar-refractivity contribution in [1.29, 1.82) is 0 Å². The lowest BCUT2D eigenvalue weighted by molar-refractivity contribution is 0.390. The fourth-order valence-electron chi connectivity index (χ4n) is 2.87. The molecule has 2 aromatic carbocycles. The van der Waals surface area contributed by atoms with Crippen LogP contribution in [-0.2, 0) is 5.54 Å². The zero-order chi connectivity index (χ0) is 16.9. The van der Waals surface area contributed by atoms with Crippen LogP contribution in [0, 0.1) is 0 Å². The number of rotatable bonds is 7.